The van der Waals surface area contributed by atoms with Crippen molar-refractivity contribution in [1.82, 2.24) is 0 Å². The fourth-order valence-electron chi connectivity index (χ4n) is 1.13. The fraction of sp³-hybridized carbons (Fsp3) is 0.125. The summed E-state index contributed by atoms with van der Waals surface area (Å²) in [4.78, 5) is 0. The van der Waals surface area contributed by atoms with Gasteiger partial charge in [0, 0.05) is 5.56 Å². The summed E-state index contributed by atoms with van der Waals surface area (Å²) >= 11 is 4.80. The first-order chi connectivity index (χ1) is 5.77. The Morgan fingerprint density at radius 2 is 2.33 bits per heavy atom. The molecule has 0 spiro atoms. The molecule has 0 aliphatic carbocycles. The molecule has 0 unspecified atom stereocenters. The van der Waals surface area contributed by atoms with Crippen LogP contribution >= 0.6 is 12.2 Å². The predicted molar refractivity (Wildman–Crippen MR) is 49.1 cm³/mol. The average molecular weight is 181 g/mol. The van der Waals surface area contributed by atoms with Gasteiger partial charge in [-0.15, -0.1) is 0 Å². The zero-order valence-corrected chi connectivity index (χ0v) is 7.02. The van der Waals surface area contributed by atoms with E-state index in [0.29, 0.717) is 17.5 Å². The Kier molecular flexibility index (Phi) is 1.62. The summed E-state index contributed by atoms with van der Waals surface area (Å²) in [6.45, 7) is 0.426. The van der Waals surface area contributed by atoms with Crippen LogP contribution in [0.5, 0.6) is 5.75 Å². The van der Waals surface area contributed by atoms with Crippen LogP contribution in [0.2, 0.25) is 0 Å². The van der Waals surface area contributed by atoms with Crippen LogP contribution in [0.3, 0.4) is 0 Å². The molecule has 0 saturated carbocycles. The Labute approximate surface area is 75.0 Å². The van der Waals surface area contributed by atoms with Gasteiger partial charge in [-0.2, -0.15) is 0 Å². The van der Waals surface area contributed by atoms with Crippen molar-refractivity contribution in [3.8, 4) is 5.75 Å². The molecule has 1 aromatic rings. The average Bonchev–Trinajstić information content (AvgIpc) is 2.07. The monoisotopic (exact) mass is 181 g/mol. The Bertz CT molecular complexity index is 338. The highest BCUT2D eigenvalue weighted by molar-refractivity contribution is 7.80. The molecule has 62 valence electrons. The van der Waals surface area contributed by atoms with E-state index in [1.54, 1.807) is 12.1 Å². The second-order valence-electron chi connectivity index (χ2n) is 2.51. The lowest BCUT2D eigenvalue weighted by Gasteiger charge is -2.19. The number of nitrogens with one attached hydrogen (secondary N) is 1. The fourth-order valence-corrected chi connectivity index (χ4v) is 1.29. The summed E-state index contributed by atoms with van der Waals surface area (Å²) < 4.78 is 5.07. The van der Waals surface area contributed by atoms with E-state index in [0.717, 1.165) is 5.56 Å². The molecule has 0 saturated heterocycles. The third kappa shape index (κ3) is 1.10. The maximum atomic E-state index is 9.40. The van der Waals surface area contributed by atoms with Gasteiger partial charge in [-0.1, -0.05) is 12.1 Å². The number of hydrogen-bond acceptors (Lipinski definition) is 3. The van der Waals surface area contributed by atoms with Gasteiger partial charge in [0.15, 0.2) is 0 Å². The first kappa shape index (κ1) is 7.36. The third-order valence-electron chi connectivity index (χ3n) is 1.71. The summed E-state index contributed by atoms with van der Waals surface area (Å²) in [6, 6.07) is 5.26. The van der Waals surface area contributed by atoms with Crippen molar-refractivity contribution in [2.45, 2.75) is 6.61 Å². The Morgan fingerprint density at radius 1 is 1.50 bits per heavy atom. The van der Waals surface area contributed by atoms with Gasteiger partial charge in [0.25, 0.3) is 5.17 Å². The van der Waals surface area contributed by atoms with E-state index < -0.39 is 0 Å². The van der Waals surface area contributed by atoms with E-state index >= 15 is 0 Å². The van der Waals surface area contributed by atoms with E-state index in [4.69, 9.17) is 17.0 Å². The highest BCUT2D eigenvalue weighted by Crippen LogP contribution is 2.30. The molecule has 12 heavy (non-hydrogen) atoms. The molecule has 0 bridgehead atoms. The molecule has 1 aliphatic rings. The number of anilines is 1. The molecule has 0 fully saturated rings. The van der Waals surface area contributed by atoms with Gasteiger partial charge < -0.3 is 15.2 Å². The molecule has 0 radical (unpaired) electrons. The predicted octanol–water partition coefficient (Wildman–Crippen LogP) is 1.62. The summed E-state index contributed by atoms with van der Waals surface area (Å²) in [5.41, 5.74) is 1.58. The smallest absolute Gasteiger partial charge is 0.261 e. The van der Waals surface area contributed by atoms with Gasteiger partial charge in [-0.05, 0) is 18.3 Å². The minimum absolute atomic E-state index is 0.207. The van der Waals surface area contributed by atoms with Gasteiger partial charge >= 0.3 is 0 Å². The normalized spacial score (nSPS) is 14.5. The molecule has 1 aromatic carbocycles. The Hall–Kier alpha value is -1.29. The van der Waals surface area contributed by atoms with Crippen LogP contribution in [-0.2, 0) is 11.3 Å². The minimum Gasteiger partial charge on any atom is -0.506 e. The highest BCUT2D eigenvalue weighted by atomic mass is 32.1. The first-order valence-corrected chi connectivity index (χ1v) is 3.93. The van der Waals surface area contributed by atoms with Crippen LogP contribution in [0.25, 0.3) is 0 Å². The second-order valence-corrected chi connectivity index (χ2v) is 2.88. The van der Waals surface area contributed by atoms with Crippen molar-refractivity contribution in [3.63, 3.8) is 0 Å². The van der Waals surface area contributed by atoms with Crippen LogP contribution in [0.1, 0.15) is 5.56 Å². The lowest BCUT2D eigenvalue weighted by molar-refractivity contribution is 0.293. The zero-order chi connectivity index (χ0) is 8.55. The van der Waals surface area contributed by atoms with Crippen LogP contribution < -0.4 is 5.32 Å². The molecular weight excluding hydrogens is 174 g/mol. The number of phenols is 1. The number of fused-ring (bicyclic) bond motifs is 1. The molecule has 3 nitrogen and oxygen atoms in total. The van der Waals surface area contributed by atoms with Crippen molar-refractivity contribution in [2.24, 2.45) is 0 Å². The quantitative estimate of drug-likeness (QED) is 0.471. The number of benzene rings is 1. The van der Waals surface area contributed by atoms with Crippen molar-refractivity contribution >= 4 is 23.1 Å². The van der Waals surface area contributed by atoms with Crippen LogP contribution in [0.15, 0.2) is 18.2 Å². The number of para-hydroxylation sites is 1. The van der Waals surface area contributed by atoms with E-state index in [1.165, 1.54) is 0 Å². The number of hydrogen-bond donors (Lipinski definition) is 2. The number of ether oxygens (including phenoxy) is 1. The molecule has 0 aromatic heterocycles. The summed E-state index contributed by atoms with van der Waals surface area (Å²) in [7, 11) is 0. The second kappa shape index (κ2) is 2.64. The number of phenolic OH excluding ortho intramolecular Hbond substituents is 1. The molecule has 1 aliphatic heterocycles. The topological polar surface area (TPSA) is 41.5 Å². The Morgan fingerprint density at radius 3 is 3.17 bits per heavy atom. The molecule has 2 rings (SSSR count). The molecule has 4 heteroatoms. The highest BCUT2D eigenvalue weighted by Gasteiger charge is 2.15. The SMILES string of the molecule is Oc1cccc2c1NC(=S)OC2. The molecule has 0 amide bonds. The summed E-state index contributed by atoms with van der Waals surface area (Å²) in [5, 5.41) is 12.5. The van der Waals surface area contributed by atoms with Gasteiger partial charge in [-0.3, -0.25) is 0 Å². The molecule has 1 heterocycles. The largest absolute Gasteiger partial charge is 0.506 e. The standard InChI is InChI=1S/C8H7NO2S/c10-6-3-1-2-5-4-11-8(12)9-7(5)6/h1-3,10H,4H2,(H,9,12). The minimum atomic E-state index is 0.207. The lowest BCUT2D eigenvalue weighted by atomic mass is 10.1. The third-order valence-corrected chi connectivity index (χ3v) is 1.93. The van der Waals surface area contributed by atoms with Crippen LogP contribution in [0, 0.1) is 0 Å². The van der Waals surface area contributed by atoms with Crippen LogP contribution in [0.4, 0.5) is 5.69 Å². The Balaban J connectivity index is 2.50. The van der Waals surface area contributed by atoms with Crippen molar-refractivity contribution in [2.75, 3.05) is 5.32 Å². The zero-order valence-electron chi connectivity index (χ0n) is 6.20. The van der Waals surface area contributed by atoms with Gasteiger partial charge in [-0.25, -0.2) is 0 Å². The summed E-state index contributed by atoms with van der Waals surface area (Å²) in [5.74, 6) is 0.207. The lowest BCUT2D eigenvalue weighted by Crippen LogP contribution is -2.19. The van der Waals surface area contributed by atoms with Crippen LogP contribution in [-0.4, -0.2) is 10.3 Å². The molecule has 2 N–H and O–H groups in total. The van der Waals surface area contributed by atoms with Gasteiger partial charge in [0.05, 0.1) is 5.69 Å². The van der Waals surface area contributed by atoms with Gasteiger partial charge in [0.1, 0.15) is 12.4 Å². The first-order valence-electron chi connectivity index (χ1n) is 3.52. The van der Waals surface area contributed by atoms with E-state index in [-0.39, 0.29) is 5.75 Å². The van der Waals surface area contributed by atoms with Gasteiger partial charge in [0.2, 0.25) is 0 Å². The molecular formula is C8H7NO2S. The van der Waals surface area contributed by atoms with Crippen molar-refractivity contribution in [1.29, 1.82) is 0 Å². The summed E-state index contributed by atoms with van der Waals surface area (Å²) in [6.07, 6.45) is 0. The number of thiocarbonyl (C=S) groups is 1. The molecule has 0 atom stereocenters. The van der Waals surface area contributed by atoms with Crippen molar-refractivity contribution < 1.29 is 9.84 Å². The van der Waals surface area contributed by atoms with Crippen molar-refractivity contribution in [3.05, 3.63) is 23.8 Å². The van der Waals surface area contributed by atoms with E-state index in [2.05, 4.69) is 5.32 Å². The maximum Gasteiger partial charge on any atom is 0.261 e. The number of rotatable bonds is 0. The number of aromatic hydroxyl groups is 1. The van der Waals surface area contributed by atoms with E-state index in [9.17, 15) is 5.11 Å². The maximum absolute atomic E-state index is 9.40. The van der Waals surface area contributed by atoms with E-state index in [1.807, 2.05) is 6.07 Å².